The summed E-state index contributed by atoms with van der Waals surface area (Å²) in [6.07, 6.45) is 0. The highest BCUT2D eigenvalue weighted by Crippen LogP contribution is 2.44. The van der Waals surface area contributed by atoms with Crippen LogP contribution in [0.2, 0.25) is 0 Å². The predicted octanol–water partition coefficient (Wildman–Crippen LogP) is 5.18. The number of phenolic OH excluding ortho intramolecular Hbond substituents is 1. The van der Waals surface area contributed by atoms with Gasteiger partial charge in [-0.3, -0.25) is 4.90 Å². The van der Waals surface area contributed by atoms with Crippen LogP contribution in [0.1, 0.15) is 0 Å². The van der Waals surface area contributed by atoms with Crippen molar-refractivity contribution in [3.8, 4) is 11.5 Å². The third-order valence-corrected chi connectivity index (χ3v) is 6.18. The quantitative estimate of drug-likeness (QED) is 0.459. The fourth-order valence-electron chi connectivity index (χ4n) is 4.51. The molecule has 0 bridgehead atoms. The number of aromatic hydroxyl groups is 1. The molecule has 5 rings (SSSR count). The summed E-state index contributed by atoms with van der Waals surface area (Å²) in [6, 6.07) is 24.3. The van der Waals surface area contributed by atoms with E-state index in [0.29, 0.717) is 6.61 Å². The van der Waals surface area contributed by atoms with Crippen LogP contribution in [0.25, 0.3) is 21.5 Å². The van der Waals surface area contributed by atoms with Crippen molar-refractivity contribution < 1.29 is 14.6 Å². The molecule has 1 aliphatic rings. The molecule has 5 heteroatoms. The largest absolute Gasteiger partial charge is 0.506 e. The molecular formula is C27H28N2O3. The third-order valence-electron chi connectivity index (χ3n) is 6.18. The molecular weight excluding hydrogens is 400 g/mol. The van der Waals surface area contributed by atoms with E-state index in [2.05, 4.69) is 34.1 Å². The van der Waals surface area contributed by atoms with Crippen LogP contribution in [-0.2, 0) is 4.74 Å². The van der Waals surface area contributed by atoms with Crippen molar-refractivity contribution in [3.63, 3.8) is 0 Å². The molecule has 1 N–H and O–H groups in total. The van der Waals surface area contributed by atoms with Crippen molar-refractivity contribution in [1.29, 1.82) is 0 Å². The molecule has 1 saturated heterocycles. The van der Waals surface area contributed by atoms with Gasteiger partial charge in [-0.25, -0.2) is 0 Å². The molecule has 5 nitrogen and oxygen atoms in total. The van der Waals surface area contributed by atoms with Crippen LogP contribution >= 0.6 is 0 Å². The van der Waals surface area contributed by atoms with E-state index in [1.807, 2.05) is 49.5 Å². The molecule has 0 spiro atoms. The van der Waals surface area contributed by atoms with Crippen molar-refractivity contribution in [1.82, 2.24) is 4.90 Å². The summed E-state index contributed by atoms with van der Waals surface area (Å²) in [4.78, 5) is 4.43. The second-order valence-corrected chi connectivity index (χ2v) is 8.15. The number of anilines is 2. The van der Waals surface area contributed by atoms with E-state index in [-0.39, 0.29) is 5.75 Å². The molecule has 0 radical (unpaired) electrons. The molecule has 0 amide bonds. The Bertz CT molecular complexity index is 1230. The molecule has 1 fully saturated rings. The van der Waals surface area contributed by atoms with Gasteiger partial charge in [0.1, 0.15) is 18.1 Å². The number of nitrogens with zero attached hydrogens (tertiary/aromatic N) is 2. The zero-order valence-electron chi connectivity index (χ0n) is 18.3. The smallest absolute Gasteiger partial charge is 0.143 e. The number of morpholine rings is 1. The summed E-state index contributed by atoms with van der Waals surface area (Å²) in [5, 5.41) is 15.2. The highest BCUT2D eigenvalue weighted by Gasteiger charge is 2.20. The Labute approximate surface area is 188 Å². The predicted molar refractivity (Wildman–Crippen MR) is 130 cm³/mol. The van der Waals surface area contributed by atoms with E-state index >= 15 is 0 Å². The van der Waals surface area contributed by atoms with Crippen LogP contribution in [0.4, 0.5) is 11.4 Å². The van der Waals surface area contributed by atoms with Crippen LogP contribution in [0, 0.1) is 0 Å². The zero-order chi connectivity index (χ0) is 21.9. The minimum Gasteiger partial charge on any atom is -0.506 e. The summed E-state index contributed by atoms with van der Waals surface area (Å²) in [5.74, 6) is 1.06. The highest BCUT2D eigenvalue weighted by molar-refractivity contribution is 6.05. The summed E-state index contributed by atoms with van der Waals surface area (Å²) in [6.45, 7) is 4.91. The Kier molecular flexibility index (Phi) is 5.84. The Morgan fingerprint density at radius 2 is 1.47 bits per heavy atom. The molecule has 164 valence electrons. The molecule has 1 heterocycles. The van der Waals surface area contributed by atoms with Crippen LogP contribution in [0.5, 0.6) is 11.5 Å². The van der Waals surface area contributed by atoms with Gasteiger partial charge in [-0.1, -0.05) is 60.7 Å². The van der Waals surface area contributed by atoms with Crippen molar-refractivity contribution in [3.05, 3.63) is 72.8 Å². The number of hydrogen-bond acceptors (Lipinski definition) is 5. The molecule has 0 atom stereocenters. The van der Waals surface area contributed by atoms with Gasteiger partial charge >= 0.3 is 0 Å². The van der Waals surface area contributed by atoms with Crippen LogP contribution in [-0.4, -0.2) is 56.5 Å². The second-order valence-electron chi connectivity index (χ2n) is 8.15. The zero-order valence-corrected chi connectivity index (χ0v) is 18.3. The molecule has 0 saturated carbocycles. The van der Waals surface area contributed by atoms with Crippen LogP contribution in [0.15, 0.2) is 72.8 Å². The van der Waals surface area contributed by atoms with Crippen molar-refractivity contribution in [2.24, 2.45) is 0 Å². The number of fused-ring (bicyclic) bond motifs is 2. The minimum atomic E-state index is 0.249. The van der Waals surface area contributed by atoms with Gasteiger partial charge in [0.2, 0.25) is 0 Å². The van der Waals surface area contributed by atoms with Crippen LogP contribution in [0.3, 0.4) is 0 Å². The molecule has 1 aliphatic heterocycles. The first-order valence-corrected chi connectivity index (χ1v) is 11.1. The maximum atomic E-state index is 10.8. The highest BCUT2D eigenvalue weighted by atomic mass is 16.5. The number of benzene rings is 4. The lowest BCUT2D eigenvalue weighted by Crippen LogP contribution is -2.38. The summed E-state index contributed by atoms with van der Waals surface area (Å²) < 4.78 is 11.8. The summed E-state index contributed by atoms with van der Waals surface area (Å²) in [5.41, 5.74) is 1.73. The lowest BCUT2D eigenvalue weighted by atomic mass is 10.0. The van der Waals surface area contributed by atoms with Crippen LogP contribution < -0.4 is 9.64 Å². The van der Waals surface area contributed by atoms with E-state index in [0.717, 1.165) is 71.5 Å². The topological polar surface area (TPSA) is 45.2 Å². The van der Waals surface area contributed by atoms with E-state index in [9.17, 15) is 5.11 Å². The molecule has 32 heavy (non-hydrogen) atoms. The lowest BCUT2D eigenvalue weighted by molar-refractivity contribution is 0.0323. The van der Waals surface area contributed by atoms with Gasteiger partial charge in [0, 0.05) is 37.5 Å². The minimum absolute atomic E-state index is 0.249. The first kappa shape index (κ1) is 20.6. The first-order valence-electron chi connectivity index (χ1n) is 11.1. The maximum absolute atomic E-state index is 10.8. The van der Waals surface area contributed by atoms with E-state index in [1.165, 1.54) is 0 Å². The van der Waals surface area contributed by atoms with Gasteiger partial charge in [-0.2, -0.15) is 0 Å². The Hall–Kier alpha value is -3.28. The Morgan fingerprint density at radius 3 is 2.19 bits per heavy atom. The number of ether oxygens (including phenoxy) is 2. The van der Waals surface area contributed by atoms with Gasteiger partial charge in [0.05, 0.1) is 24.6 Å². The molecule has 0 aliphatic carbocycles. The van der Waals surface area contributed by atoms with Gasteiger partial charge < -0.3 is 19.5 Å². The lowest BCUT2D eigenvalue weighted by Gasteiger charge is -2.28. The molecule has 4 aromatic carbocycles. The molecule has 4 aromatic rings. The van der Waals surface area contributed by atoms with Crippen molar-refractivity contribution >= 4 is 32.9 Å². The molecule has 0 unspecified atom stereocenters. The van der Waals surface area contributed by atoms with Gasteiger partial charge in [-0.05, 0) is 22.9 Å². The standard InChI is InChI=1S/C27H28N2O3/c1-28(26-22-8-4-2-6-20(22)10-12-24(26)30)27-23-9-5-3-7-21(23)11-13-25(27)32-19-16-29-14-17-31-18-15-29/h2-13,30H,14-19H2,1H3. The van der Waals surface area contributed by atoms with Gasteiger partial charge in [0.25, 0.3) is 0 Å². The second kappa shape index (κ2) is 9.07. The fourth-order valence-corrected chi connectivity index (χ4v) is 4.51. The van der Waals surface area contributed by atoms with Crippen molar-refractivity contribution in [2.75, 3.05) is 51.4 Å². The summed E-state index contributed by atoms with van der Waals surface area (Å²) in [7, 11) is 2.00. The van der Waals surface area contributed by atoms with Gasteiger partial charge in [-0.15, -0.1) is 0 Å². The SMILES string of the molecule is CN(c1c(O)ccc2ccccc12)c1c(OCCN2CCOCC2)ccc2ccccc12. The first-order chi connectivity index (χ1) is 15.7. The number of phenols is 1. The number of hydrogen-bond donors (Lipinski definition) is 1. The average molecular weight is 429 g/mol. The fraction of sp³-hybridized carbons (Fsp3) is 0.259. The van der Waals surface area contributed by atoms with Gasteiger partial charge in [0.15, 0.2) is 0 Å². The Balaban J connectivity index is 1.55. The summed E-state index contributed by atoms with van der Waals surface area (Å²) >= 11 is 0. The third kappa shape index (κ3) is 3.97. The van der Waals surface area contributed by atoms with E-state index in [4.69, 9.17) is 9.47 Å². The Morgan fingerprint density at radius 1 is 0.844 bits per heavy atom. The normalized spacial score (nSPS) is 14.7. The molecule has 0 aromatic heterocycles. The number of rotatable bonds is 6. The van der Waals surface area contributed by atoms with Crippen molar-refractivity contribution in [2.45, 2.75) is 0 Å². The maximum Gasteiger partial charge on any atom is 0.143 e. The monoisotopic (exact) mass is 428 g/mol. The van der Waals surface area contributed by atoms with E-state index in [1.54, 1.807) is 6.07 Å². The average Bonchev–Trinajstić information content (AvgIpc) is 2.84. The van der Waals surface area contributed by atoms with E-state index < -0.39 is 0 Å².